The molecule has 0 fully saturated rings. The van der Waals surface area contributed by atoms with Crippen LogP contribution in [0.15, 0.2) is 78.9 Å². The van der Waals surface area contributed by atoms with E-state index >= 15 is 0 Å². The molecule has 2 N–H and O–H groups in total. The molecule has 0 aliphatic rings. The van der Waals surface area contributed by atoms with E-state index in [1.807, 2.05) is 44.2 Å². The summed E-state index contributed by atoms with van der Waals surface area (Å²) >= 11 is 0. The third kappa shape index (κ3) is 7.58. The van der Waals surface area contributed by atoms with E-state index in [1.54, 1.807) is 48.5 Å². The summed E-state index contributed by atoms with van der Waals surface area (Å²) in [7, 11) is -3.77. The van der Waals surface area contributed by atoms with Gasteiger partial charge in [0.2, 0.25) is 15.9 Å². The van der Waals surface area contributed by atoms with Gasteiger partial charge in [-0.2, -0.15) is 0 Å². The van der Waals surface area contributed by atoms with Crippen molar-refractivity contribution in [1.82, 2.24) is 5.32 Å². The molecule has 1 atom stereocenters. The fourth-order valence-corrected chi connectivity index (χ4v) is 4.22. The fraction of sp³-hybridized carbons (Fsp3) is 0.259. The van der Waals surface area contributed by atoms with E-state index < -0.39 is 22.5 Å². The zero-order valence-corrected chi connectivity index (χ0v) is 21.4. The molecule has 0 spiro atoms. The molecule has 190 valence electrons. The van der Waals surface area contributed by atoms with Crippen LogP contribution in [-0.4, -0.2) is 39.1 Å². The van der Waals surface area contributed by atoms with Gasteiger partial charge in [-0.15, -0.1) is 0 Å². The molecule has 0 saturated heterocycles. The predicted octanol–water partition coefficient (Wildman–Crippen LogP) is 4.20. The van der Waals surface area contributed by atoms with Gasteiger partial charge in [0.25, 0.3) is 5.91 Å². The molecule has 0 unspecified atom stereocenters. The monoisotopic (exact) mass is 509 g/mol. The Balaban J connectivity index is 1.70. The van der Waals surface area contributed by atoms with Crippen LogP contribution in [0.5, 0.6) is 5.75 Å². The number of hydrogen-bond acceptors (Lipinski definition) is 5. The van der Waals surface area contributed by atoms with E-state index in [9.17, 15) is 18.0 Å². The number of rotatable bonds is 11. The van der Waals surface area contributed by atoms with Crippen molar-refractivity contribution in [3.05, 3.63) is 90.0 Å². The first-order valence-corrected chi connectivity index (χ1v) is 13.5. The highest BCUT2D eigenvalue weighted by molar-refractivity contribution is 7.92. The molecule has 36 heavy (non-hydrogen) atoms. The van der Waals surface area contributed by atoms with Crippen LogP contribution < -0.4 is 19.7 Å². The van der Waals surface area contributed by atoms with Crippen molar-refractivity contribution >= 4 is 33.2 Å². The summed E-state index contributed by atoms with van der Waals surface area (Å²) in [6, 6.07) is 22.7. The van der Waals surface area contributed by atoms with Gasteiger partial charge in [0.05, 0.1) is 23.2 Å². The Kier molecular flexibility index (Phi) is 9.08. The summed E-state index contributed by atoms with van der Waals surface area (Å²) in [5.74, 6) is -0.318. The lowest BCUT2D eigenvalue weighted by Gasteiger charge is -2.22. The van der Waals surface area contributed by atoms with Gasteiger partial charge in [0.1, 0.15) is 18.9 Å². The highest BCUT2D eigenvalue weighted by atomic mass is 32.2. The summed E-state index contributed by atoms with van der Waals surface area (Å²) in [5, 5.41) is 5.54. The number of sulfonamides is 1. The maximum atomic E-state index is 12.8. The quantitative estimate of drug-likeness (QED) is 0.403. The van der Waals surface area contributed by atoms with Crippen LogP contribution in [0.4, 0.5) is 11.4 Å². The van der Waals surface area contributed by atoms with E-state index in [0.29, 0.717) is 29.3 Å². The number of anilines is 2. The van der Waals surface area contributed by atoms with Crippen molar-refractivity contribution in [2.24, 2.45) is 0 Å². The lowest BCUT2D eigenvalue weighted by Crippen LogP contribution is -2.38. The maximum Gasteiger partial charge on any atom is 0.253 e. The minimum atomic E-state index is -3.77. The van der Waals surface area contributed by atoms with Crippen LogP contribution in [0.2, 0.25) is 0 Å². The second-order valence-corrected chi connectivity index (χ2v) is 10.3. The van der Waals surface area contributed by atoms with E-state index in [0.717, 1.165) is 22.5 Å². The van der Waals surface area contributed by atoms with Gasteiger partial charge < -0.3 is 15.4 Å². The number of nitrogens with zero attached hydrogens (tertiary/aromatic N) is 1. The van der Waals surface area contributed by atoms with Crippen molar-refractivity contribution in [3.63, 3.8) is 0 Å². The average Bonchev–Trinajstić information content (AvgIpc) is 2.86. The first-order valence-electron chi connectivity index (χ1n) is 11.6. The molecule has 9 heteroatoms. The maximum absolute atomic E-state index is 12.8. The fourth-order valence-electron chi connectivity index (χ4n) is 3.36. The minimum Gasteiger partial charge on any atom is -0.489 e. The summed E-state index contributed by atoms with van der Waals surface area (Å²) in [6.07, 6.45) is 1.80. The van der Waals surface area contributed by atoms with Crippen LogP contribution in [-0.2, 0) is 21.4 Å². The Hall–Kier alpha value is -3.85. The van der Waals surface area contributed by atoms with Crippen LogP contribution in [0, 0.1) is 0 Å². The molecule has 3 rings (SSSR count). The Morgan fingerprint density at radius 1 is 0.944 bits per heavy atom. The number of benzene rings is 3. The van der Waals surface area contributed by atoms with Gasteiger partial charge in [-0.1, -0.05) is 49.4 Å². The number of carbonyl (C=O) groups is 2. The van der Waals surface area contributed by atoms with Crippen LogP contribution in [0.25, 0.3) is 0 Å². The number of amides is 2. The van der Waals surface area contributed by atoms with Crippen LogP contribution in [0.1, 0.15) is 36.2 Å². The number of hydrogen-bond donors (Lipinski definition) is 2. The number of nitrogens with one attached hydrogen (secondary N) is 2. The van der Waals surface area contributed by atoms with Crippen molar-refractivity contribution in [2.45, 2.75) is 32.9 Å². The standard InChI is InChI=1S/C27H31N3O5S/c1-4-20(2)28-27(32)24-12-8-9-13-25(24)29-26(31)18-30(36(3,33)34)22-14-16-23(17-15-22)35-19-21-10-6-5-7-11-21/h5-17,20H,4,18-19H2,1-3H3,(H,28,32)(H,29,31)/t20-/m1/s1. The van der Waals surface area contributed by atoms with Crippen molar-refractivity contribution in [1.29, 1.82) is 0 Å². The summed E-state index contributed by atoms with van der Waals surface area (Å²) in [4.78, 5) is 25.5. The molecule has 0 radical (unpaired) electrons. The molecule has 0 bridgehead atoms. The molecular weight excluding hydrogens is 478 g/mol. The second kappa shape index (κ2) is 12.2. The van der Waals surface area contributed by atoms with Crippen molar-refractivity contribution in [3.8, 4) is 5.75 Å². The number of ether oxygens (including phenoxy) is 1. The summed E-state index contributed by atoms with van der Waals surface area (Å²) in [5.41, 5.74) is 1.94. The summed E-state index contributed by atoms with van der Waals surface area (Å²) < 4.78 is 31.8. The molecule has 3 aromatic carbocycles. The average molecular weight is 510 g/mol. The smallest absolute Gasteiger partial charge is 0.253 e. The van der Waals surface area contributed by atoms with Gasteiger partial charge in [-0.3, -0.25) is 13.9 Å². The molecule has 0 aliphatic carbocycles. The second-order valence-electron chi connectivity index (χ2n) is 8.41. The zero-order chi connectivity index (χ0) is 26.1. The van der Waals surface area contributed by atoms with Crippen molar-refractivity contribution in [2.75, 3.05) is 22.4 Å². The van der Waals surface area contributed by atoms with E-state index in [-0.39, 0.29) is 11.9 Å². The van der Waals surface area contributed by atoms with Crippen LogP contribution in [0.3, 0.4) is 0 Å². The highest BCUT2D eigenvalue weighted by Gasteiger charge is 2.22. The van der Waals surface area contributed by atoms with Gasteiger partial charge in [-0.05, 0) is 55.3 Å². The Bertz CT molecular complexity index is 1280. The molecule has 0 heterocycles. The molecule has 2 amide bonds. The third-order valence-electron chi connectivity index (χ3n) is 5.50. The number of carbonyl (C=O) groups excluding carboxylic acids is 2. The number of para-hydroxylation sites is 1. The van der Waals surface area contributed by atoms with E-state index in [2.05, 4.69) is 10.6 Å². The molecule has 3 aromatic rings. The molecule has 8 nitrogen and oxygen atoms in total. The van der Waals surface area contributed by atoms with E-state index in [1.165, 1.54) is 0 Å². The minimum absolute atomic E-state index is 0.0263. The first-order chi connectivity index (χ1) is 17.2. The lowest BCUT2D eigenvalue weighted by molar-refractivity contribution is -0.114. The van der Waals surface area contributed by atoms with Gasteiger partial charge in [0, 0.05) is 6.04 Å². The largest absolute Gasteiger partial charge is 0.489 e. The lowest BCUT2D eigenvalue weighted by atomic mass is 10.1. The topological polar surface area (TPSA) is 105 Å². The van der Waals surface area contributed by atoms with Gasteiger partial charge >= 0.3 is 0 Å². The predicted molar refractivity (Wildman–Crippen MR) is 142 cm³/mol. The Morgan fingerprint density at radius 3 is 2.22 bits per heavy atom. The Morgan fingerprint density at radius 2 is 1.58 bits per heavy atom. The van der Waals surface area contributed by atoms with E-state index in [4.69, 9.17) is 4.74 Å². The van der Waals surface area contributed by atoms with Crippen molar-refractivity contribution < 1.29 is 22.7 Å². The third-order valence-corrected chi connectivity index (χ3v) is 6.64. The Labute approximate surface area is 212 Å². The van der Waals surface area contributed by atoms with Gasteiger partial charge in [0.15, 0.2) is 0 Å². The van der Waals surface area contributed by atoms with Crippen LogP contribution >= 0.6 is 0 Å². The highest BCUT2D eigenvalue weighted by Crippen LogP contribution is 2.23. The zero-order valence-electron chi connectivity index (χ0n) is 20.6. The molecule has 0 saturated carbocycles. The van der Waals surface area contributed by atoms with Gasteiger partial charge in [-0.25, -0.2) is 8.42 Å². The summed E-state index contributed by atoms with van der Waals surface area (Å²) in [6.45, 7) is 3.77. The SMILES string of the molecule is CC[C@@H](C)NC(=O)c1ccccc1NC(=O)CN(c1ccc(OCc2ccccc2)cc1)S(C)(=O)=O. The molecule has 0 aliphatic heterocycles. The molecule has 0 aromatic heterocycles. The molecular formula is C27H31N3O5S. The normalized spacial score (nSPS) is 11.9. The first kappa shape index (κ1) is 26.7.